The van der Waals surface area contributed by atoms with Crippen LogP contribution in [0.15, 0.2) is 18.3 Å². The van der Waals surface area contributed by atoms with Crippen LogP contribution < -0.4 is 10.1 Å². The van der Waals surface area contributed by atoms with Crippen LogP contribution in [0.25, 0.3) is 0 Å². The lowest BCUT2D eigenvalue weighted by molar-refractivity contribution is 0.390. The van der Waals surface area contributed by atoms with E-state index in [0.29, 0.717) is 5.88 Å². The first-order valence-electron chi connectivity index (χ1n) is 5.66. The van der Waals surface area contributed by atoms with Crippen LogP contribution in [0.2, 0.25) is 0 Å². The van der Waals surface area contributed by atoms with Crippen molar-refractivity contribution in [1.82, 2.24) is 10.3 Å². The van der Waals surface area contributed by atoms with Gasteiger partial charge >= 0.3 is 0 Å². The van der Waals surface area contributed by atoms with E-state index >= 15 is 0 Å². The third kappa shape index (κ3) is 4.83. The standard InChI is InChI=1S/C12H20N2O2S/c1-10(17(3)15)6-8-13-9-11-5-4-7-14-12(11)16-2/h4-5,7,10,13H,6,8-9H2,1-3H3. The second-order valence-corrected chi connectivity index (χ2v) is 5.75. The Morgan fingerprint density at radius 1 is 1.59 bits per heavy atom. The molecule has 0 saturated carbocycles. The first-order valence-corrected chi connectivity index (χ1v) is 7.28. The number of pyridine rings is 1. The molecule has 1 heterocycles. The summed E-state index contributed by atoms with van der Waals surface area (Å²) < 4.78 is 16.3. The van der Waals surface area contributed by atoms with E-state index in [-0.39, 0.29) is 5.25 Å². The van der Waals surface area contributed by atoms with E-state index in [1.807, 2.05) is 19.1 Å². The topological polar surface area (TPSA) is 51.2 Å². The molecule has 0 bridgehead atoms. The number of ether oxygens (including phenoxy) is 1. The number of nitrogens with zero attached hydrogens (tertiary/aromatic N) is 1. The van der Waals surface area contributed by atoms with Gasteiger partial charge in [-0.1, -0.05) is 13.0 Å². The van der Waals surface area contributed by atoms with Crippen molar-refractivity contribution in [3.8, 4) is 5.88 Å². The summed E-state index contributed by atoms with van der Waals surface area (Å²) in [7, 11) is 0.878. The summed E-state index contributed by atoms with van der Waals surface area (Å²) in [6, 6.07) is 3.88. The summed E-state index contributed by atoms with van der Waals surface area (Å²) in [6.45, 7) is 3.57. The number of hydrogen-bond donors (Lipinski definition) is 1. The monoisotopic (exact) mass is 256 g/mol. The molecular formula is C12H20N2O2S. The largest absolute Gasteiger partial charge is 0.481 e. The normalized spacial score (nSPS) is 14.3. The Morgan fingerprint density at radius 3 is 3.00 bits per heavy atom. The van der Waals surface area contributed by atoms with Crippen LogP contribution in [0.3, 0.4) is 0 Å². The Morgan fingerprint density at radius 2 is 2.35 bits per heavy atom. The van der Waals surface area contributed by atoms with Crippen LogP contribution in [0.1, 0.15) is 18.9 Å². The molecule has 0 radical (unpaired) electrons. The highest BCUT2D eigenvalue weighted by Gasteiger charge is 2.06. The van der Waals surface area contributed by atoms with Gasteiger partial charge < -0.3 is 10.1 Å². The van der Waals surface area contributed by atoms with Gasteiger partial charge in [-0.3, -0.25) is 4.21 Å². The van der Waals surface area contributed by atoms with Crippen molar-refractivity contribution in [2.45, 2.75) is 25.1 Å². The zero-order valence-corrected chi connectivity index (χ0v) is 11.4. The van der Waals surface area contributed by atoms with E-state index in [2.05, 4.69) is 10.3 Å². The summed E-state index contributed by atoms with van der Waals surface area (Å²) in [4.78, 5) is 4.13. The number of hydrogen-bond acceptors (Lipinski definition) is 4. The molecule has 0 aliphatic heterocycles. The molecule has 0 fully saturated rings. The van der Waals surface area contributed by atoms with Gasteiger partial charge in [-0.15, -0.1) is 0 Å². The van der Waals surface area contributed by atoms with Gasteiger partial charge in [-0.05, 0) is 19.0 Å². The van der Waals surface area contributed by atoms with Crippen molar-refractivity contribution < 1.29 is 8.95 Å². The van der Waals surface area contributed by atoms with Gasteiger partial charge in [0, 0.05) is 40.6 Å². The van der Waals surface area contributed by atoms with Crippen LogP contribution in [-0.4, -0.2) is 34.4 Å². The number of methoxy groups -OCH3 is 1. The van der Waals surface area contributed by atoms with Gasteiger partial charge in [0.2, 0.25) is 5.88 Å². The third-order valence-corrected chi connectivity index (χ3v) is 4.02. The number of rotatable bonds is 7. The molecule has 17 heavy (non-hydrogen) atoms. The summed E-state index contributed by atoms with van der Waals surface area (Å²) in [6.07, 6.45) is 4.37. The van der Waals surface area contributed by atoms with Gasteiger partial charge in [-0.25, -0.2) is 4.98 Å². The van der Waals surface area contributed by atoms with Crippen molar-refractivity contribution in [3.05, 3.63) is 23.9 Å². The summed E-state index contributed by atoms with van der Waals surface area (Å²) >= 11 is 0. The molecule has 5 heteroatoms. The minimum absolute atomic E-state index is 0.235. The zero-order chi connectivity index (χ0) is 12.7. The summed E-state index contributed by atoms with van der Waals surface area (Å²) in [5.41, 5.74) is 1.04. The van der Waals surface area contributed by atoms with Crippen LogP contribution in [0.4, 0.5) is 0 Å². The lowest BCUT2D eigenvalue weighted by Crippen LogP contribution is -2.21. The third-order valence-electron chi connectivity index (χ3n) is 2.65. The van der Waals surface area contributed by atoms with Crippen molar-refractivity contribution in [1.29, 1.82) is 0 Å². The molecule has 1 aromatic rings. The molecule has 0 spiro atoms. The van der Waals surface area contributed by atoms with Crippen molar-refractivity contribution >= 4 is 10.8 Å². The Hall–Kier alpha value is -0.940. The van der Waals surface area contributed by atoms with Crippen molar-refractivity contribution in [3.63, 3.8) is 0 Å². The second kappa shape index (κ2) is 7.40. The lowest BCUT2D eigenvalue weighted by Gasteiger charge is -2.10. The van der Waals surface area contributed by atoms with E-state index in [1.165, 1.54) is 0 Å². The molecule has 2 unspecified atom stereocenters. The maximum atomic E-state index is 11.2. The maximum absolute atomic E-state index is 11.2. The molecule has 1 aromatic heterocycles. The lowest BCUT2D eigenvalue weighted by atomic mass is 10.2. The Kier molecular flexibility index (Phi) is 6.15. The van der Waals surface area contributed by atoms with Crippen molar-refractivity contribution in [2.24, 2.45) is 0 Å². The number of nitrogens with one attached hydrogen (secondary N) is 1. The SMILES string of the molecule is COc1ncccc1CNCCC(C)S(C)=O. The average Bonchev–Trinajstić information content (AvgIpc) is 2.34. The number of aromatic nitrogens is 1. The molecule has 1 N–H and O–H groups in total. The molecule has 96 valence electrons. The molecule has 0 aliphatic rings. The predicted octanol–water partition coefficient (Wildman–Crippen LogP) is 1.34. The minimum Gasteiger partial charge on any atom is -0.481 e. The molecule has 1 rings (SSSR count). The maximum Gasteiger partial charge on any atom is 0.217 e. The van der Waals surface area contributed by atoms with Gasteiger partial charge in [0.25, 0.3) is 0 Å². The minimum atomic E-state index is -0.741. The molecular weight excluding hydrogens is 236 g/mol. The first kappa shape index (κ1) is 14.1. The van der Waals surface area contributed by atoms with Gasteiger partial charge in [0.05, 0.1) is 7.11 Å². The van der Waals surface area contributed by atoms with Crippen LogP contribution in [0.5, 0.6) is 5.88 Å². The Balaban J connectivity index is 2.33. The highest BCUT2D eigenvalue weighted by molar-refractivity contribution is 7.84. The van der Waals surface area contributed by atoms with E-state index in [0.717, 1.165) is 25.1 Å². The average molecular weight is 256 g/mol. The molecule has 4 nitrogen and oxygen atoms in total. The fraction of sp³-hybridized carbons (Fsp3) is 0.583. The zero-order valence-electron chi connectivity index (χ0n) is 10.6. The quantitative estimate of drug-likeness (QED) is 0.748. The Labute approximate surface area is 105 Å². The molecule has 0 aliphatic carbocycles. The summed E-state index contributed by atoms with van der Waals surface area (Å²) in [5.74, 6) is 0.659. The first-order chi connectivity index (χ1) is 8.15. The Bertz CT molecular complexity index is 371. The fourth-order valence-corrected chi connectivity index (χ4v) is 1.89. The van der Waals surface area contributed by atoms with Gasteiger partial charge in [0.1, 0.15) is 0 Å². The highest BCUT2D eigenvalue weighted by Crippen LogP contribution is 2.12. The van der Waals surface area contributed by atoms with Gasteiger partial charge in [-0.2, -0.15) is 0 Å². The van der Waals surface area contributed by atoms with E-state index in [1.54, 1.807) is 19.6 Å². The molecule has 0 saturated heterocycles. The molecule has 0 amide bonds. The van der Waals surface area contributed by atoms with Crippen LogP contribution >= 0.6 is 0 Å². The van der Waals surface area contributed by atoms with E-state index in [4.69, 9.17) is 4.74 Å². The van der Waals surface area contributed by atoms with Crippen molar-refractivity contribution in [2.75, 3.05) is 19.9 Å². The summed E-state index contributed by atoms with van der Waals surface area (Å²) in [5, 5.41) is 3.54. The smallest absolute Gasteiger partial charge is 0.217 e. The van der Waals surface area contributed by atoms with Crippen LogP contribution in [-0.2, 0) is 17.3 Å². The van der Waals surface area contributed by atoms with Gasteiger partial charge in [0.15, 0.2) is 0 Å². The fourth-order valence-electron chi connectivity index (χ4n) is 1.44. The van der Waals surface area contributed by atoms with Crippen LogP contribution in [0, 0.1) is 0 Å². The predicted molar refractivity (Wildman–Crippen MR) is 70.6 cm³/mol. The highest BCUT2D eigenvalue weighted by atomic mass is 32.2. The van der Waals surface area contributed by atoms with E-state index in [9.17, 15) is 4.21 Å². The molecule has 0 aromatic carbocycles. The molecule has 2 atom stereocenters. The van der Waals surface area contributed by atoms with E-state index < -0.39 is 10.8 Å². The second-order valence-electron chi connectivity index (χ2n) is 3.95.